The van der Waals surface area contributed by atoms with Crippen LogP contribution in [0.5, 0.6) is 0 Å². The minimum Gasteiger partial charge on any atom is -0.477 e. The summed E-state index contributed by atoms with van der Waals surface area (Å²) in [6.45, 7) is 4.57. The van der Waals surface area contributed by atoms with Crippen LogP contribution in [0.3, 0.4) is 0 Å². The van der Waals surface area contributed by atoms with Gasteiger partial charge in [0.05, 0.1) is 6.04 Å². The van der Waals surface area contributed by atoms with E-state index in [0.717, 1.165) is 41.8 Å². The lowest BCUT2D eigenvalue weighted by Gasteiger charge is -2.26. The van der Waals surface area contributed by atoms with Gasteiger partial charge >= 0.3 is 0 Å². The Bertz CT molecular complexity index is 979. The van der Waals surface area contributed by atoms with Crippen LogP contribution in [0.25, 0.3) is 0 Å². The van der Waals surface area contributed by atoms with Crippen LogP contribution < -0.4 is 0 Å². The predicted molar refractivity (Wildman–Crippen MR) is 123 cm³/mol. The predicted octanol–water partition coefficient (Wildman–Crippen LogP) is 5.98. The zero-order valence-electron chi connectivity index (χ0n) is 17.9. The topological polar surface area (TPSA) is 43.2 Å². The molecule has 0 fully saturated rings. The molecular weight excluding hydrogens is 415 g/mol. The highest BCUT2D eigenvalue weighted by molar-refractivity contribution is 6.31. The molecule has 4 unspecified atom stereocenters. The second kappa shape index (κ2) is 9.39. The van der Waals surface area contributed by atoms with Crippen LogP contribution in [0.4, 0.5) is 4.39 Å². The minimum atomic E-state index is -0.657. The number of aryl methyl sites for hydroxylation is 1. The van der Waals surface area contributed by atoms with E-state index in [1.54, 1.807) is 6.07 Å². The van der Waals surface area contributed by atoms with Gasteiger partial charge in [0.2, 0.25) is 5.90 Å². The van der Waals surface area contributed by atoms with Crippen molar-refractivity contribution in [2.75, 3.05) is 6.61 Å². The van der Waals surface area contributed by atoms with Gasteiger partial charge in [0.15, 0.2) is 11.9 Å². The summed E-state index contributed by atoms with van der Waals surface area (Å²) >= 11 is 6.30. The van der Waals surface area contributed by atoms with E-state index in [1.165, 1.54) is 12.5 Å². The van der Waals surface area contributed by atoms with Gasteiger partial charge in [-0.2, -0.15) is 0 Å². The highest BCUT2D eigenvalue weighted by Gasteiger charge is 2.47. The molecule has 4 atom stereocenters. The van der Waals surface area contributed by atoms with E-state index in [9.17, 15) is 4.39 Å². The van der Waals surface area contributed by atoms with Crippen molar-refractivity contribution < 1.29 is 13.9 Å². The third-order valence-corrected chi connectivity index (χ3v) is 6.72. The van der Waals surface area contributed by atoms with Crippen LogP contribution in [-0.2, 0) is 15.9 Å². The second-order valence-electron chi connectivity index (χ2n) is 8.40. The van der Waals surface area contributed by atoms with Gasteiger partial charge in [0.25, 0.3) is 0 Å². The average molecular weight is 443 g/mol. The first kappa shape index (κ1) is 21.8. The first-order chi connectivity index (χ1) is 15.0. The molecule has 164 valence electrons. The Morgan fingerprint density at radius 1 is 1.19 bits per heavy atom. The van der Waals surface area contributed by atoms with E-state index >= 15 is 0 Å². The van der Waals surface area contributed by atoms with Crippen molar-refractivity contribution in [3.63, 3.8) is 0 Å². The molecule has 0 aliphatic carbocycles. The van der Waals surface area contributed by atoms with Crippen molar-refractivity contribution in [1.29, 1.82) is 0 Å². The van der Waals surface area contributed by atoms with Crippen molar-refractivity contribution in [2.24, 2.45) is 9.98 Å². The summed E-state index contributed by atoms with van der Waals surface area (Å²) in [5.74, 6) is 0.557. The Hall–Kier alpha value is -2.40. The first-order valence-corrected chi connectivity index (χ1v) is 11.3. The van der Waals surface area contributed by atoms with Gasteiger partial charge in [-0.15, -0.1) is 0 Å². The van der Waals surface area contributed by atoms with Crippen LogP contribution in [0, 0.1) is 5.82 Å². The number of hydrogen-bond donors (Lipinski definition) is 0. The van der Waals surface area contributed by atoms with E-state index in [4.69, 9.17) is 26.1 Å². The summed E-state index contributed by atoms with van der Waals surface area (Å²) in [6, 6.07) is 14.8. The monoisotopic (exact) mass is 442 g/mol. The molecule has 0 saturated carbocycles. The fraction of sp³-hybridized carbons (Fsp3) is 0.440. The van der Waals surface area contributed by atoms with Crippen molar-refractivity contribution in [1.82, 2.24) is 0 Å². The van der Waals surface area contributed by atoms with E-state index in [2.05, 4.69) is 11.9 Å². The fourth-order valence-corrected chi connectivity index (χ4v) is 4.65. The molecule has 2 aromatic rings. The Morgan fingerprint density at radius 3 is 2.74 bits per heavy atom. The highest BCUT2D eigenvalue weighted by atomic mass is 35.5. The number of benzene rings is 2. The number of nitrogens with zero attached hydrogens (tertiary/aromatic N) is 2. The summed E-state index contributed by atoms with van der Waals surface area (Å²) in [5, 5.41) is 0.761. The molecule has 4 rings (SSSR count). The van der Waals surface area contributed by atoms with E-state index in [1.807, 2.05) is 43.3 Å². The normalized spacial score (nSPS) is 25.7. The summed E-state index contributed by atoms with van der Waals surface area (Å²) in [4.78, 5) is 9.44. The third kappa shape index (κ3) is 4.62. The molecule has 0 N–H and O–H groups in total. The summed E-state index contributed by atoms with van der Waals surface area (Å²) in [5.41, 5.74) is 1.18. The number of hydrogen-bond acceptors (Lipinski definition) is 4. The number of halogens is 2. The molecule has 0 bridgehead atoms. The molecule has 0 radical (unpaired) electrons. The molecule has 0 spiro atoms. The molecule has 0 amide bonds. The molecule has 6 heteroatoms. The number of rotatable bonds is 8. The van der Waals surface area contributed by atoms with E-state index in [-0.39, 0.29) is 23.9 Å². The van der Waals surface area contributed by atoms with Crippen LogP contribution in [0.15, 0.2) is 58.5 Å². The van der Waals surface area contributed by atoms with Crippen molar-refractivity contribution >= 4 is 23.9 Å². The smallest absolute Gasteiger partial charge is 0.216 e. The first-order valence-electron chi connectivity index (χ1n) is 10.9. The molecule has 2 heterocycles. The molecule has 4 nitrogen and oxygen atoms in total. The van der Waals surface area contributed by atoms with Crippen molar-refractivity contribution in [3.8, 4) is 0 Å². The van der Waals surface area contributed by atoms with Crippen LogP contribution in [0.2, 0.25) is 5.02 Å². The Kier molecular flexibility index (Phi) is 6.61. The maximum absolute atomic E-state index is 14.3. The lowest BCUT2D eigenvalue weighted by atomic mass is 9.89. The van der Waals surface area contributed by atoms with Gasteiger partial charge < -0.3 is 9.47 Å². The third-order valence-electron chi connectivity index (χ3n) is 6.35. The lowest BCUT2D eigenvalue weighted by Crippen LogP contribution is -2.43. The zero-order chi connectivity index (χ0) is 21.8. The van der Waals surface area contributed by atoms with E-state index < -0.39 is 5.54 Å². The molecule has 2 aliphatic rings. The maximum atomic E-state index is 14.3. The van der Waals surface area contributed by atoms with Gasteiger partial charge in [-0.25, -0.2) is 14.4 Å². The summed E-state index contributed by atoms with van der Waals surface area (Å²) in [7, 11) is 0. The molecule has 31 heavy (non-hydrogen) atoms. The summed E-state index contributed by atoms with van der Waals surface area (Å²) < 4.78 is 26.1. The van der Waals surface area contributed by atoms with Crippen LogP contribution in [-0.4, -0.2) is 36.6 Å². The SMILES string of the molecule is CCC(CC1COC(C2(C)N=COC2CCc2ccccc2Cl)=N1)c1ccccc1F. The molecule has 2 aliphatic heterocycles. The van der Waals surface area contributed by atoms with Gasteiger partial charge in [0, 0.05) is 5.02 Å². The lowest BCUT2D eigenvalue weighted by molar-refractivity contribution is 0.157. The molecule has 0 saturated heterocycles. The average Bonchev–Trinajstić information content (AvgIpc) is 3.39. The summed E-state index contributed by atoms with van der Waals surface area (Å²) in [6.07, 6.45) is 4.46. The van der Waals surface area contributed by atoms with Gasteiger partial charge in [-0.1, -0.05) is 54.9 Å². The van der Waals surface area contributed by atoms with Gasteiger partial charge in [-0.3, -0.25) is 0 Å². The Morgan fingerprint density at radius 2 is 1.97 bits per heavy atom. The van der Waals surface area contributed by atoms with Gasteiger partial charge in [-0.05, 0) is 61.8 Å². The van der Waals surface area contributed by atoms with E-state index in [0.29, 0.717) is 12.5 Å². The van der Waals surface area contributed by atoms with Crippen LogP contribution in [0.1, 0.15) is 50.2 Å². The standard InChI is InChI=1S/C25H28ClFN2O2/c1-3-17(20-9-5-7-11-22(20)27)14-19-15-30-24(29-19)25(2)23(31-16-28-25)13-12-18-8-4-6-10-21(18)26/h4-11,16-17,19,23H,3,12-15H2,1-2H3. The largest absolute Gasteiger partial charge is 0.477 e. The second-order valence-corrected chi connectivity index (χ2v) is 8.81. The zero-order valence-corrected chi connectivity index (χ0v) is 18.7. The molecule has 0 aromatic heterocycles. The van der Waals surface area contributed by atoms with Crippen LogP contribution >= 0.6 is 11.6 Å². The number of ether oxygens (including phenoxy) is 2. The number of aliphatic imine (C=N–C) groups is 2. The Labute approximate surface area is 188 Å². The van der Waals surface area contributed by atoms with Crippen molar-refractivity contribution in [3.05, 3.63) is 70.5 Å². The van der Waals surface area contributed by atoms with Crippen molar-refractivity contribution in [2.45, 2.75) is 63.1 Å². The Balaban J connectivity index is 1.44. The van der Waals surface area contributed by atoms with Gasteiger partial charge in [0.1, 0.15) is 18.5 Å². The minimum absolute atomic E-state index is 0.0172. The molecule has 2 aromatic carbocycles. The highest BCUT2D eigenvalue weighted by Crippen LogP contribution is 2.34. The molecular formula is C25H28ClFN2O2. The quantitative estimate of drug-likeness (QED) is 0.504. The fourth-order valence-electron chi connectivity index (χ4n) is 4.42. The maximum Gasteiger partial charge on any atom is 0.216 e.